The molecule has 108 valence electrons. The van der Waals surface area contributed by atoms with Gasteiger partial charge in [0.2, 0.25) is 0 Å². The highest BCUT2D eigenvalue weighted by atomic mass is 32.2. The molecule has 1 atom stereocenters. The lowest BCUT2D eigenvalue weighted by molar-refractivity contribution is -0.133. The summed E-state index contributed by atoms with van der Waals surface area (Å²) in [6.45, 7) is 4.25. The largest absolute Gasteiger partial charge is 0.481 e. The van der Waals surface area contributed by atoms with E-state index in [-0.39, 0.29) is 24.3 Å². The molecule has 0 aliphatic rings. The van der Waals surface area contributed by atoms with Gasteiger partial charge in [-0.05, 0) is 5.92 Å². The van der Waals surface area contributed by atoms with E-state index in [1.54, 1.807) is 11.7 Å². The van der Waals surface area contributed by atoms with E-state index in [2.05, 4.69) is 10.2 Å². The van der Waals surface area contributed by atoms with Crippen LogP contribution in [0.15, 0.2) is 5.16 Å². The molecule has 7 nitrogen and oxygen atoms in total. The topological polar surface area (TPSA) is 97.5 Å². The summed E-state index contributed by atoms with van der Waals surface area (Å²) < 4.78 is 6.95. The lowest BCUT2D eigenvalue weighted by atomic mass is 10.1. The van der Waals surface area contributed by atoms with Gasteiger partial charge >= 0.3 is 5.97 Å². The third kappa shape index (κ3) is 4.19. The molecule has 0 radical (unpaired) electrons. The molecule has 0 spiro atoms. The quantitative estimate of drug-likeness (QED) is 0.683. The summed E-state index contributed by atoms with van der Waals surface area (Å²) in [6, 6.07) is -0.0431. The second kappa shape index (κ2) is 7.46. The maximum absolute atomic E-state index is 10.6. The average Bonchev–Trinajstić information content (AvgIpc) is 2.75. The van der Waals surface area contributed by atoms with Gasteiger partial charge < -0.3 is 14.9 Å². The smallest absolute Gasteiger partial charge is 0.313 e. The van der Waals surface area contributed by atoms with Crippen LogP contribution in [0.3, 0.4) is 0 Å². The third-order valence-corrected chi connectivity index (χ3v) is 3.57. The lowest BCUT2D eigenvalue weighted by Gasteiger charge is -2.24. The molecule has 1 unspecified atom stereocenters. The van der Waals surface area contributed by atoms with E-state index in [1.165, 1.54) is 0 Å². The van der Waals surface area contributed by atoms with Gasteiger partial charge in [0.25, 0.3) is 0 Å². The van der Waals surface area contributed by atoms with Gasteiger partial charge in [0.1, 0.15) is 6.61 Å². The van der Waals surface area contributed by atoms with Crippen molar-refractivity contribution < 1.29 is 19.7 Å². The van der Waals surface area contributed by atoms with Crippen LogP contribution in [0.5, 0.6) is 0 Å². The van der Waals surface area contributed by atoms with Crippen LogP contribution in [-0.4, -0.2) is 50.4 Å². The number of aliphatic carboxylic acids is 1. The molecule has 0 aliphatic heterocycles. The molecular weight excluding hydrogens is 270 g/mol. The number of carbonyl (C=O) groups is 1. The molecule has 0 fully saturated rings. The van der Waals surface area contributed by atoms with E-state index in [1.807, 2.05) is 13.8 Å². The molecule has 19 heavy (non-hydrogen) atoms. The van der Waals surface area contributed by atoms with Crippen LogP contribution in [0.1, 0.15) is 25.7 Å². The minimum absolute atomic E-state index is 0.0431. The van der Waals surface area contributed by atoms with E-state index < -0.39 is 5.97 Å². The first-order valence-electron chi connectivity index (χ1n) is 5.89. The molecule has 1 aromatic heterocycles. The zero-order valence-electron chi connectivity index (χ0n) is 11.2. The second-order valence-electron chi connectivity index (χ2n) is 4.38. The summed E-state index contributed by atoms with van der Waals surface area (Å²) >= 11 is 1.09. The Morgan fingerprint density at radius 1 is 1.47 bits per heavy atom. The summed E-state index contributed by atoms with van der Waals surface area (Å²) in [6.07, 6.45) is 0. The maximum atomic E-state index is 10.6. The Morgan fingerprint density at radius 3 is 2.63 bits per heavy atom. The zero-order chi connectivity index (χ0) is 14.4. The maximum Gasteiger partial charge on any atom is 0.313 e. The number of carboxylic acid groups (broad SMARTS) is 1. The van der Waals surface area contributed by atoms with E-state index in [0.29, 0.717) is 17.6 Å². The van der Waals surface area contributed by atoms with Crippen molar-refractivity contribution in [1.82, 2.24) is 14.8 Å². The van der Waals surface area contributed by atoms with E-state index in [0.717, 1.165) is 11.8 Å². The van der Waals surface area contributed by atoms with E-state index in [9.17, 15) is 9.90 Å². The van der Waals surface area contributed by atoms with Crippen LogP contribution in [0.2, 0.25) is 0 Å². The number of hydrogen-bond donors (Lipinski definition) is 2. The Labute approximate surface area is 116 Å². The first-order valence-corrected chi connectivity index (χ1v) is 6.88. The van der Waals surface area contributed by atoms with Gasteiger partial charge in [-0.25, -0.2) is 0 Å². The summed E-state index contributed by atoms with van der Waals surface area (Å²) in [5, 5.41) is 26.4. The van der Waals surface area contributed by atoms with Gasteiger partial charge in [0, 0.05) is 7.11 Å². The molecule has 0 bridgehead atoms. The van der Waals surface area contributed by atoms with Gasteiger partial charge in [0.15, 0.2) is 11.0 Å². The number of rotatable bonds is 8. The van der Waals surface area contributed by atoms with Crippen LogP contribution in [-0.2, 0) is 16.1 Å². The Morgan fingerprint density at radius 2 is 2.16 bits per heavy atom. The fourth-order valence-electron chi connectivity index (χ4n) is 1.71. The van der Waals surface area contributed by atoms with Gasteiger partial charge in [-0.15, -0.1) is 10.2 Å². The van der Waals surface area contributed by atoms with Crippen LogP contribution in [0.25, 0.3) is 0 Å². The molecule has 1 rings (SSSR count). The number of ether oxygens (including phenoxy) is 1. The van der Waals surface area contributed by atoms with Crippen molar-refractivity contribution in [3.63, 3.8) is 0 Å². The number of thioether (sulfide) groups is 1. The van der Waals surface area contributed by atoms with Gasteiger partial charge in [-0.1, -0.05) is 25.6 Å². The number of nitrogens with zero attached hydrogens (tertiary/aromatic N) is 3. The molecule has 0 saturated carbocycles. The molecule has 1 heterocycles. The summed E-state index contributed by atoms with van der Waals surface area (Å²) in [5.74, 6) is -0.353. The normalized spacial score (nSPS) is 12.9. The van der Waals surface area contributed by atoms with Crippen molar-refractivity contribution in [3.05, 3.63) is 5.82 Å². The third-order valence-electron chi connectivity index (χ3n) is 2.64. The summed E-state index contributed by atoms with van der Waals surface area (Å²) in [4.78, 5) is 10.6. The number of aromatic nitrogens is 3. The van der Waals surface area contributed by atoms with Crippen molar-refractivity contribution in [1.29, 1.82) is 0 Å². The number of hydrogen-bond acceptors (Lipinski definition) is 6. The molecule has 1 aromatic rings. The van der Waals surface area contributed by atoms with Crippen molar-refractivity contribution in [2.24, 2.45) is 5.92 Å². The Kier molecular flexibility index (Phi) is 6.26. The molecule has 2 N–H and O–H groups in total. The van der Waals surface area contributed by atoms with Crippen molar-refractivity contribution in [2.75, 3.05) is 19.5 Å². The highest BCUT2D eigenvalue weighted by Crippen LogP contribution is 2.26. The summed E-state index contributed by atoms with van der Waals surface area (Å²) in [7, 11) is 1.60. The predicted molar refractivity (Wildman–Crippen MR) is 70.1 cm³/mol. The fourth-order valence-corrected chi connectivity index (χ4v) is 2.44. The monoisotopic (exact) mass is 289 g/mol. The molecule has 0 saturated heterocycles. The molecular formula is C11H19N3O4S. The van der Waals surface area contributed by atoms with Gasteiger partial charge in [0.05, 0.1) is 18.4 Å². The Bertz CT molecular complexity index is 422. The average molecular weight is 289 g/mol. The highest BCUT2D eigenvalue weighted by Gasteiger charge is 2.23. The molecule has 0 amide bonds. The van der Waals surface area contributed by atoms with Crippen LogP contribution in [0, 0.1) is 5.92 Å². The van der Waals surface area contributed by atoms with Crippen LogP contribution < -0.4 is 0 Å². The molecule has 8 heteroatoms. The van der Waals surface area contributed by atoms with E-state index >= 15 is 0 Å². The first-order chi connectivity index (χ1) is 9.01. The number of aliphatic hydroxyl groups is 1. The Hall–Kier alpha value is -1.12. The molecule has 0 aromatic carbocycles. The SMILES string of the molecule is COCC(C(C)C)n1c(CO)nnc1SCC(=O)O. The first kappa shape index (κ1) is 15.9. The standard InChI is InChI=1S/C11H19N3O4S/c1-7(2)8(5-18-3)14-9(4-15)12-13-11(14)19-6-10(16)17/h7-8,15H,4-6H2,1-3H3,(H,16,17). The second-order valence-corrected chi connectivity index (χ2v) is 5.32. The fraction of sp³-hybridized carbons (Fsp3) is 0.727. The number of aliphatic hydroxyl groups excluding tert-OH is 1. The minimum atomic E-state index is -0.919. The number of carboxylic acids is 1. The Balaban J connectivity index is 3.05. The highest BCUT2D eigenvalue weighted by molar-refractivity contribution is 7.99. The van der Waals surface area contributed by atoms with Crippen molar-refractivity contribution in [3.8, 4) is 0 Å². The lowest BCUT2D eigenvalue weighted by Crippen LogP contribution is -2.23. The molecule has 0 aliphatic carbocycles. The van der Waals surface area contributed by atoms with Crippen molar-refractivity contribution in [2.45, 2.75) is 31.7 Å². The van der Waals surface area contributed by atoms with Crippen molar-refractivity contribution >= 4 is 17.7 Å². The van der Waals surface area contributed by atoms with E-state index in [4.69, 9.17) is 9.84 Å². The zero-order valence-corrected chi connectivity index (χ0v) is 12.1. The summed E-state index contributed by atoms with van der Waals surface area (Å²) in [5.41, 5.74) is 0. The van der Waals surface area contributed by atoms with Crippen LogP contribution in [0.4, 0.5) is 0 Å². The van der Waals surface area contributed by atoms with Crippen LogP contribution >= 0.6 is 11.8 Å². The predicted octanol–water partition coefficient (Wildman–Crippen LogP) is 0.791. The van der Waals surface area contributed by atoms with Gasteiger partial charge in [-0.2, -0.15) is 0 Å². The minimum Gasteiger partial charge on any atom is -0.481 e. The number of methoxy groups -OCH3 is 1. The van der Waals surface area contributed by atoms with Gasteiger partial charge in [-0.3, -0.25) is 9.36 Å².